The van der Waals surface area contributed by atoms with Crippen molar-refractivity contribution >= 4 is 40.7 Å². The number of amides is 1. The number of ketones is 1. The van der Waals surface area contributed by atoms with E-state index in [4.69, 9.17) is 11.6 Å². The predicted octanol–water partition coefficient (Wildman–Crippen LogP) is 5.92. The van der Waals surface area contributed by atoms with Gasteiger partial charge in [-0.25, -0.2) is 0 Å². The quantitative estimate of drug-likeness (QED) is 0.537. The second-order valence-corrected chi connectivity index (χ2v) is 9.59. The summed E-state index contributed by atoms with van der Waals surface area (Å²) in [5.74, 6) is -0.669. The average Bonchev–Trinajstić information content (AvgIpc) is 2.74. The molecule has 7 heteroatoms. The molecule has 1 amide bonds. The Morgan fingerprint density at radius 3 is 2.27 bits per heavy atom. The molecular formula is C26H26ClN3O2S. The van der Waals surface area contributed by atoms with Gasteiger partial charge >= 0.3 is 0 Å². The summed E-state index contributed by atoms with van der Waals surface area (Å²) in [6, 6.07) is 13.5. The van der Waals surface area contributed by atoms with E-state index in [0.717, 1.165) is 27.9 Å². The summed E-state index contributed by atoms with van der Waals surface area (Å²) < 4.78 is 0. The van der Waals surface area contributed by atoms with E-state index in [1.54, 1.807) is 12.1 Å². The summed E-state index contributed by atoms with van der Waals surface area (Å²) >= 11 is 7.30. The molecule has 0 aromatic heterocycles. The number of nitrogens with one attached hydrogen (secondary N) is 2. The van der Waals surface area contributed by atoms with E-state index < -0.39 is 5.92 Å². The van der Waals surface area contributed by atoms with Gasteiger partial charge in [-0.15, -0.1) is 0 Å². The van der Waals surface area contributed by atoms with E-state index in [2.05, 4.69) is 16.7 Å². The molecule has 1 heterocycles. The Morgan fingerprint density at radius 1 is 1.12 bits per heavy atom. The summed E-state index contributed by atoms with van der Waals surface area (Å²) in [7, 11) is 0. The fourth-order valence-corrected chi connectivity index (χ4v) is 5.19. The Balaban J connectivity index is 1.88. The number of anilines is 1. The van der Waals surface area contributed by atoms with Gasteiger partial charge in [0.15, 0.2) is 5.78 Å². The van der Waals surface area contributed by atoms with Crippen molar-refractivity contribution < 1.29 is 9.59 Å². The van der Waals surface area contributed by atoms with Gasteiger partial charge in [0.2, 0.25) is 5.91 Å². The van der Waals surface area contributed by atoms with Crippen LogP contribution in [0.25, 0.3) is 0 Å². The lowest BCUT2D eigenvalue weighted by Gasteiger charge is -2.29. The molecule has 0 saturated heterocycles. The van der Waals surface area contributed by atoms with Crippen LogP contribution in [0.1, 0.15) is 42.0 Å². The van der Waals surface area contributed by atoms with Crippen molar-refractivity contribution in [3.8, 4) is 6.07 Å². The van der Waals surface area contributed by atoms with Crippen LogP contribution in [0.4, 0.5) is 5.69 Å². The second kappa shape index (κ2) is 10.3. The van der Waals surface area contributed by atoms with Crippen molar-refractivity contribution in [2.75, 3.05) is 11.1 Å². The maximum atomic E-state index is 12.7. The van der Waals surface area contributed by atoms with Gasteiger partial charge in [0.1, 0.15) is 0 Å². The number of thioether (sulfide) groups is 1. The minimum absolute atomic E-state index is 0.111. The van der Waals surface area contributed by atoms with Crippen molar-refractivity contribution in [3.63, 3.8) is 0 Å². The maximum absolute atomic E-state index is 12.7. The SMILES string of the molecule is CC(=O)C1=C(C)NC(SCC(=O)Nc2c(C)cc(C)cc2C)=C(C#N)C1c1ccc(Cl)cc1. The highest BCUT2D eigenvalue weighted by Gasteiger charge is 2.33. The summed E-state index contributed by atoms with van der Waals surface area (Å²) in [4.78, 5) is 25.2. The average molecular weight is 480 g/mol. The van der Waals surface area contributed by atoms with Crippen LogP contribution in [0.5, 0.6) is 0 Å². The summed E-state index contributed by atoms with van der Waals surface area (Å²) in [6.07, 6.45) is 0. The Hall–Kier alpha value is -3.01. The molecule has 1 aliphatic rings. The summed E-state index contributed by atoms with van der Waals surface area (Å²) in [6.45, 7) is 9.27. The van der Waals surface area contributed by atoms with Crippen molar-refractivity contribution in [2.45, 2.75) is 40.5 Å². The van der Waals surface area contributed by atoms with Gasteiger partial charge in [-0.3, -0.25) is 9.59 Å². The molecule has 0 bridgehead atoms. The minimum atomic E-state index is -0.516. The number of rotatable bonds is 6. The standard InChI is InChI=1S/C26H26ClN3O2S/c1-14-10-15(2)25(16(3)11-14)30-22(32)13-33-26-21(12-28)24(19-6-8-20(27)9-7-19)23(18(5)31)17(4)29-26/h6-11,24,29H,13H2,1-5H3,(H,30,32). The van der Waals surface area contributed by atoms with Crippen molar-refractivity contribution in [3.05, 3.63) is 85.5 Å². The molecule has 0 saturated carbocycles. The monoisotopic (exact) mass is 479 g/mol. The largest absolute Gasteiger partial charge is 0.353 e. The molecular weight excluding hydrogens is 454 g/mol. The van der Waals surface area contributed by atoms with Crippen LogP contribution in [0, 0.1) is 32.1 Å². The van der Waals surface area contributed by atoms with Crippen LogP contribution in [0.15, 0.2) is 58.3 Å². The molecule has 1 aliphatic heterocycles. The Morgan fingerprint density at radius 2 is 1.73 bits per heavy atom. The Bertz CT molecular complexity index is 1200. The number of halogens is 1. The molecule has 2 aromatic carbocycles. The first-order valence-corrected chi connectivity index (χ1v) is 11.9. The van der Waals surface area contributed by atoms with Gasteiger partial charge in [0, 0.05) is 22.0 Å². The number of hydrogen-bond acceptors (Lipinski definition) is 5. The van der Waals surface area contributed by atoms with Crippen LogP contribution >= 0.6 is 23.4 Å². The van der Waals surface area contributed by atoms with Gasteiger partial charge in [0.25, 0.3) is 0 Å². The van der Waals surface area contributed by atoms with Gasteiger partial charge < -0.3 is 10.6 Å². The zero-order valence-corrected chi connectivity index (χ0v) is 20.9. The van der Waals surface area contributed by atoms with Crippen LogP contribution in [-0.2, 0) is 9.59 Å². The molecule has 170 valence electrons. The fraction of sp³-hybridized carbons (Fsp3) is 0.269. The number of nitrogens with zero attached hydrogens (tertiary/aromatic N) is 1. The van der Waals surface area contributed by atoms with Crippen LogP contribution in [0.2, 0.25) is 5.02 Å². The Labute approximate surface area is 203 Å². The first kappa shape index (κ1) is 24.6. The van der Waals surface area contributed by atoms with Crippen LogP contribution in [0.3, 0.4) is 0 Å². The number of carbonyl (C=O) groups excluding carboxylic acids is 2. The van der Waals surface area contributed by atoms with Crippen LogP contribution < -0.4 is 10.6 Å². The molecule has 5 nitrogen and oxygen atoms in total. The second-order valence-electron chi connectivity index (χ2n) is 8.17. The van der Waals surface area contributed by atoms with Crippen molar-refractivity contribution in [1.82, 2.24) is 5.32 Å². The van der Waals surface area contributed by atoms with E-state index in [9.17, 15) is 14.9 Å². The molecule has 3 rings (SSSR count). The number of Topliss-reactive ketones (excluding diaryl/α,β-unsaturated/α-hetero) is 1. The number of hydrogen-bond donors (Lipinski definition) is 2. The lowest BCUT2D eigenvalue weighted by Crippen LogP contribution is -2.27. The van der Waals surface area contributed by atoms with E-state index in [-0.39, 0.29) is 17.4 Å². The van der Waals surface area contributed by atoms with Gasteiger partial charge in [-0.05, 0) is 63.4 Å². The highest BCUT2D eigenvalue weighted by atomic mass is 35.5. The predicted molar refractivity (Wildman–Crippen MR) is 135 cm³/mol. The number of dihydropyridines is 1. The molecule has 1 unspecified atom stereocenters. The van der Waals surface area contributed by atoms with Gasteiger partial charge in [-0.1, -0.05) is 53.2 Å². The smallest absolute Gasteiger partial charge is 0.234 e. The third-order valence-electron chi connectivity index (χ3n) is 5.52. The lowest BCUT2D eigenvalue weighted by molar-refractivity contribution is -0.114. The highest BCUT2D eigenvalue weighted by molar-refractivity contribution is 8.03. The fourth-order valence-electron chi connectivity index (χ4n) is 4.17. The number of allylic oxidation sites excluding steroid dienone is 3. The molecule has 0 radical (unpaired) electrons. The third kappa shape index (κ3) is 5.50. The first-order valence-electron chi connectivity index (χ1n) is 10.5. The maximum Gasteiger partial charge on any atom is 0.234 e. The number of nitriles is 1. The molecule has 2 N–H and O–H groups in total. The van der Waals surface area contributed by atoms with Crippen molar-refractivity contribution in [1.29, 1.82) is 5.26 Å². The van der Waals surface area contributed by atoms with Crippen molar-refractivity contribution in [2.24, 2.45) is 0 Å². The minimum Gasteiger partial charge on any atom is -0.353 e. The molecule has 0 fully saturated rings. The first-order chi connectivity index (χ1) is 15.6. The van der Waals surface area contributed by atoms with Gasteiger partial charge in [-0.2, -0.15) is 5.26 Å². The highest BCUT2D eigenvalue weighted by Crippen LogP contribution is 2.41. The number of benzene rings is 2. The Kier molecular flexibility index (Phi) is 7.68. The third-order valence-corrected chi connectivity index (χ3v) is 6.79. The summed E-state index contributed by atoms with van der Waals surface area (Å²) in [5, 5.41) is 17.3. The number of aryl methyl sites for hydroxylation is 3. The molecule has 0 aliphatic carbocycles. The lowest BCUT2D eigenvalue weighted by atomic mass is 9.81. The molecule has 0 spiro atoms. The zero-order valence-electron chi connectivity index (χ0n) is 19.3. The zero-order chi connectivity index (χ0) is 24.3. The normalized spacial score (nSPS) is 15.7. The van der Waals surface area contributed by atoms with Gasteiger partial charge in [0.05, 0.1) is 28.3 Å². The molecule has 2 aromatic rings. The van der Waals surface area contributed by atoms with E-state index >= 15 is 0 Å². The number of carbonyl (C=O) groups is 2. The van der Waals surface area contributed by atoms with E-state index in [1.165, 1.54) is 18.7 Å². The van der Waals surface area contributed by atoms with E-state index in [0.29, 0.717) is 26.9 Å². The van der Waals surface area contributed by atoms with Crippen LogP contribution in [-0.4, -0.2) is 17.4 Å². The van der Waals surface area contributed by atoms with E-state index in [1.807, 2.05) is 52.0 Å². The summed E-state index contributed by atoms with van der Waals surface area (Å²) in [5.41, 5.74) is 6.39. The topological polar surface area (TPSA) is 82.0 Å². The molecule has 33 heavy (non-hydrogen) atoms. The molecule has 1 atom stereocenters.